The predicted octanol–water partition coefficient (Wildman–Crippen LogP) is 0.705. The van der Waals surface area contributed by atoms with Crippen molar-refractivity contribution in [3.63, 3.8) is 0 Å². The van der Waals surface area contributed by atoms with Crippen molar-refractivity contribution in [2.45, 2.75) is 31.7 Å². The maximum atomic E-state index is 9.77. The molecule has 2 N–H and O–H groups in total. The van der Waals surface area contributed by atoms with Crippen LogP contribution in [0.15, 0.2) is 0 Å². The monoisotopic (exact) mass is 244 g/mol. The van der Waals surface area contributed by atoms with Crippen LogP contribution in [0.3, 0.4) is 0 Å². The minimum absolute atomic E-state index is 0.0987. The summed E-state index contributed by atoms with van der Waals surface area (Å²) in [4.78, 5) is 2.25. The Balaban J connectivity index is 2.49. The molecule has 1 rings (SSSR count). The van der Waals surface area contributed by atoms with E-state index in [4.69, 9.17) is 4.74 Å². The van der Waals surface area contributed by atoms with Gasteiger partial charge in [-0.3, -0.25) is 0 Å². The second-order valence-electron chi connectivity index (χ2n) is 5.25. The SMILES string of the molecule is CCCNC(CO)(CN(C)CCOC)C1CC1. The number of hydrogen-bond donors (Lipinski definition) is 2. The van der Waals surface area contributed by atoms with Gasteiger partial charge in [0.25, 0.3) is 0 Å². The zero-order valence-corrected chi connectivity index (χ0v) is 11.5. The lowest BCUT2D eigenvalue weighted by molar-refractivity contribution is 0.0859. The van der Waals surface area contributed by atoms with E-state index in [9.17, 15) is 5.11 Å². The van der Waals surface area contributed by atoms with Crippen molar-refractivity contribution in [2.75, 3.05) is 47.0 Å². The fraction of sp³-hybridized carbons (Fsp3) is 1.00. The van der Waals surface area contributed by atoms with Crippen molar-refractivity contribution in [3.05, 3.63) is 0 Å². The Kier molecular flexibility index (Phi) is 6.41. The zero-order valence-electron chi connectivity index (χ0n) is 11.5. The van der Waals surface area contributed by atoms with Crippen molar-refractivity contribution in [1.82, 2.24) is 10.2 Å². The van der Waals surface area contributed by atoms with E-state index < -0.39 is 0 Å². The molecule has 0 radical (unpaired) electrons. The van der Waals surface area contributed by atoms with Crippen LogP contribution in [0.1, 0.15) is 26.2 Å². The van der Waals surface area contributed by atoms with Gasteiger partial charge in [0, 0.05) is 20.2 Å². The lowest BCUT2D eigenvalue weighted by Crippen LogP contribution is -2.57. The van der Waals surface area contributed by atoms with Gasteiger partial charge >= 0.3 is 0 Å². The molecular weight excluding hydrogens is 216 g/mol. The Labute approximate surface area is 105 Å². The van der Waals surface area contributed by atoms with Gasteiger partial charge in [0.1, 0.15) is 0 Å². The molecule has 0 spiro atoms. The van der Waals surface area contributed by atoms with Gasteiger partial charge < -0.3 is 20.1 Å². The molecule has 0 bridgehead atoms. The van der Waals surface area contributed by atoms with Crippen molar-refractivity contribution in [1.29, 1.82) is 0 Å². The molecule has 1 fully saturated rings. The number of rotatable bonds is 10. The maximum absolute atomic E-state index is 9.77. The van der Waals surface area contributed by atoms with Crippen LogP contribution in [0, 0.1) is 5.92 Å². The first-order valence-corrected chi connectivity index (χ1v) is 6.72. The minimum atomic E-state index is -0.0987. The fourth-order valence-electron chi connectivity index (χ4n) is 2.38. The average Bonchev–Trinajstić information content (AvgIpc) is 3.16. The second kappa shape index (κ2) is 7.31. The topological polar surface area (TPSA) is 44.7 Å². The van der Waals surface area contributed by atoms with Gasteiger partial charge in [-0.1, -0.05) is 6.92 Å². The number of likely N-dealkylation sites (N-methyl/N-ethyl adjacent to an activating group) is 1. The molecule has 0 aromatic rings. The van der Waals surface area contributed by atoms with E-state index in [1.807, 2.05) is 0 Å². The summed E-state index contributed by atoms with van der Waals surface area (Å²) < 4.78 is 5.09. The fourth-order valence-corrected chi connectivity index (χ4v) is 2.38. The van der Waals surface area contributed by atoms with Gasteiger partial charge in [-0.2, -0.15) is 0 Å². The van der Waals surface area contributed by atoms with E-state index in [0.717, 1.165) is 32.7 Å². The van der Waals surface area contributed by atoms with Crippen LogP contribution in [-0.2, 0) is 4.74 Å². The third-order valence-corrected chi connectivity index (χ3v) is 3.60. The molecule has 0 aromatic carbocycles. The lowest BCUT2D eigenvalue weighted by Gasteiger charge is -2.37. The highest BCUT2D eigenvalue weighted by Gasteiger charge is 2.44. The number of ether oxygens (including phenoxy) is 1. The molecule has 0 aromatic heterocycles. The summed E-state index contributed by atoms with van der Waals surface area (Å²) in [5.74, 6) is 0.643. The molecule has 17 heavy (non-hydrogen) atoms. The van der Waals surface area contributed by atoms with Gasteiger partial charge in [0.05, 0.1) is 18.8 Å². The molecule has 0 aliphatic heterocycles. The molecule has 1 unspecified atom stereocenters. The third kappa shape index (κ3) is 4.54. The largest absolute Gasteiger partial charge is 0.394 e. The number of aliphatic hydroxyl groups excluding tert-OH is 1. The van der Waals surface area contributed by atoms with Crippen LogP contribution in [-0.4, -0.2) is 62.6 Å². The van der Waals surface area contributed by atoms with E-state index in [0.29, 0.717) is 5.92 Å². The van der Waals surface area contributed by atoms with Gasteiger partial charge in [0.15, 0.2) is 0 Å². The van der Waals surface area contributed by atoms with Gasteiger partial charge in [-0.25, -0.2) is 0 Å². The number of nitrogens with zero attached hydrogens (tertiary/aromatic N) is 1. The molecule has 0 amide bonds. The molecule has 0 saturated heterocycles. The van der Waals surface area contributed by atoms with Gasteiger partial charge in [-0.15, -0.1) is 0 Å². The summed E-state index contributed by atoms with van der Waals surface area (Å²) in [5, 5.41) is 13.3. The first-order valence-electron chi connectivity index (χ1n) is 6.72. The Bertz CT molecular complexity index is 210. The number of nitrogens with one attached hydrogen (secondary N) is 1. The predicted molar refractivity (Wildman–Crippen MR) is 70.2 cm³/mol. The number of methoxy groups -OCH3 is 1. The summed E-state index contributed by atoms with van der Waals surface area (Å²) in [6.45, 7) is 5.94. The normalized spacial score (nSPS) is 19.6. The minimum Gasteiger partial charge on any atom is -0.394 e. The summed E-state index contributed by atoms with van der Waals surface area (Å²) in [5.41, 5.74) is -0.0987. The molecule has 1 atom stereocenters. The lowest BCUT2D eigenvalue weighted by atomic mass is 9.93. The van der Waals surface area contributed by atoms with E-state index in [1.165, 1.54) is 12.8 Å². The number of aliphatic hydroxyl groups is 1. The van der Waals surface area contributed by atoms with E-state index in [2.05, 4.69) is 24.2 Å². The Morgan fingerprint density at radius 1 is 1.47 bits per heavy atom. The molecule has 1 aliphatic rings. The summed E-state index contributed by atoms with van der Waals surface area (Å²) in [6, 6.07) is 0. The van der Waals surface area contributed by atoms with E-state index >= 15 is 0 Å². The van der Waals surface area contributed by atoms with Gasteiger partial charge in [0.2, 0.25) is 0 Å². The van der Waals surface area contributed by atoms with E-state index in [-0.39, 0.29) is 12.1 Å². The Hall–Kier alpha value is -0.160. The molecular formula is C13H28N2O2. The van der Waals surface area contributed by atoms with Crippen LogP contribution in [0.5, 0.6) is 0 Å². The molecule has 4 nitrogen and oxygen atoms in total. The summed E-state index contributed by atoms with van der Waals surface area (Å²) >= 11 is 0. The van der Waals surface area contributed by atoms with Crippen LogP contribution < -0.4 is 5.32 Å². The van der Waals surface area contributed by atoms with Gasteiger partial charge in [-0.05, 0) is 38.8 Å². The van der Waals surface area contributed by atoms with Crippen LogP contribution >= 0.6 is 0 Å². The highest BCUT2D eigenvalue weighted by atomic mass is 16.5. The smallest absolute Gasteiger partial charge is 0.0628 e. The second-order valence-corrected chi connectivity index (χ2v) is 5.25. The molecule has 1 aliphatic carbocycles. The third-order valence-electron chi connectivity index (χ3n) is 3.60. The average molecular weight is 244 g/mol. The highest BCUT2D eigenvalue weighted by molar-refractivity contribution is 5.02. The molecule has 4 heteroatoms. The summed E-state index contributed by atoms with van der Waals surface area (Å²) in [6.07, 6.45) is 3.60. The first kappa shape index (κ1) is 14.9. The molecule has 1 saturated carbocycles. The van der Waals surface area contributed by atoms with Crippen molar-refractivity contribution >= 4 is 0 Å². The van der Waals surface area contributed by atoms with Crippen LogP contribution in [0.2, 0.25) is 0 Å². The maximum Gasteiger partial charge on any atom is 0.0628 e. The van der Waals surface area contributed by atoms with Crippen LogP contribution in [0.25, 0.3) is 0 Å². The standard InChI is InChI=1S/C13H28N2O2/c1-4-7-14-13(11-16,12-5-6-12)10-15(2)8-9-17-3/h12,14,16H,4-11H2,1-3H3. The van der Waals surface area contributed by atoms with Crippen molar-refractivity contribution < 1.29 is 9.84 Å². The highest BCUT2D eigenvalue weighted by Crippen LogP contribution is 2.39. The first-order chi connectivity index (χ1) is 8.18. The molecule has 102 valence electrons. The quantitative estimate of drug-likeness (QED) is 0.594. The Morgan fingerprint density at radius 2 is 2.18 bits per heavy atom. The number of hydrogen-bond acceptors (Lipinski definition) is 4. The summed E-state index contributed by atoms with van der Waals surface area (Å²) in [7, 11) is 3.82. The Morgan fingerprint density at radius 3 is 2.65 bits per heavy atom. The molecule has 0 heterocycles. The zero-order chi connectivity index (χ0) is 12.7. The van der Waals surface area contributed by atoms with E-state index in [1.54, 1.807) is 7.11 Å². The van der Waals surface area contributed by atoms with Crippen molar-refractivity contribution in [2.24, 2.45) is 5.92 Å². The van der Waals surface area contributed by atoms with Crippen molar-refractivity contribution in [3.8, 4) is 0 Å². The van der Waals surface area contributed by atoms with Crippen LogP contribution in [0.4, 0.5) is 0 Å².